The maximum absolute atomic E-state index is 11.1. The standard InChI is InChI=1S/C8H12O2/c9-7-3-4-8-6(7)2-1-5-10-8/h6,8H,1-5H2. The molecule has 10 heavy (non-hydrogen) atoms. The summed E-state index contributed by atoms with van der Waals surface area (Å²) in [7, 11) is 0. The van der Waals surface area contributed by atoms with Crippen LogP contribution in [-0.4, -0.2) is 18.5 Å². The summed E-state index contributed by atoms with van der Waals surface area (Å²) in [5.74, 6) is 0.707. The van der Waals surface area contributed by atoms with Gasteiger partial charge in [0.25, 0.3) is 0 Å². The van der Waals surface area contributed by atoms with Crippen molar-refractivity contribution in [2.24, 2.45) is 5.92 Å². The monoisotopic (exact) mass is 140 g/mol. The molecule has 0 aromatic rings. The number of carbonyl (C=O) groups is 1. The smallest absolute Gasteiger partial charge is 0.138 e. The van der Waals surface area contributed by atoms with Crippen molar-refractivity contribution >= 4 is 5.78 Å². The van der Waals surface area contributed by atoms with Gasteiger partial charge < -0.3 is 4.74 Å². The molecule has 0 aromatic heterocycles. The van der Waals surface area contributed by atoms with Gasteiger partial charge in [-0.1, -0.05) is 0 Å². The number of rotatable bonds is 0. The van der Waals surface area contributed by atoms with Crippen LogP contribution in [0.4, 0.5) is 0 Å². The van der Waals surface area contributed by atoms with Crippen LogP contribution in [0.15, 0.2) is 0 Å². The van der Waals surface area contributed by atoms with Gasteiger partial charge in [0.05, 0.1) is 6.10 Å². The molecule has 2 heteroatoms. The number of ether oxygens (including phenoxy) is 1. The van der Waals surface area contributed by atoms with E-state index in [1.54, 1.807) is 0 Å². The van der Waals surface area contributed by atoms with Gasteiger partial charge in [-0.25, -0.2) is 0 Å². The second kappa shape index (κ2) is 2.35. The lowest BCUT2D eigenvalue weighted by atomic mass is 9.97. The van der Waals surface area contributed by atoms with Gasteiger partial charge in [0.2, 0.25) is 0 Å². The Hall–Kier alpha value is -0.370. The number of hydrogen-bond acceptors (Lipinski definition) is 2. The Morgan fingerprint density at radius 3 is 3.10 bits per heavy atom. The Labute approximate surface area is 60.6 Å². The predicted octanol–water partition coefficient (Wildman–Crippen LogP) is 1.14. The number of hydrogen-bond donors (Lipinski definition) is 0. The Morgan fingerprint density at radius 2 is 2.30 bits per heavy atom. The molecule has 2 rings (SSSR count). The van der Waals surface area contributed by atoms with Gasteiger partial charge in [-0.3, -0.25) is 4.79 Å². The summed E-state index contributed by atoms with van der Waals surface area (Å²) >= 11 is 0. The van der Waals surface area contributed by atoms with E-state index in [9.17, 15) is 4.79 Å². The van der Waals surface area contributed by atoms with E-state index in [1.165, 1.54) is 0 Å². The van der Waals surface area contributed by atoms with Crippen molar-refractivity contribution in [2.75, 3.05) is 6.61 Å². The molecular formula is C8H12O2. The molecule has 0 aromatic carbocycles. The molecule has 2 atom stereocenters. The minimum atomic E-state index is 0.272. The molecule has 0 radical (unpaired) electrons. The zero-order valence-electron chi connectivity index (χ0n) is 6.01. The maximum atomic E-state index is 11.1. The van der Waals surface area contributed by atoms with Crippen LogP contribution in [0.1, 0.15) is 25.7 Å². The summed E-state index contributed by atoms with van der Waals surface area (Å²) in [5.41, 5.74) is 0. The Morgan fingerprint density at radius 1 is 1.40 bits per heavy atom. The third-order valence-electron chi connectivity index (χ3n) is 2.53. The molecule has 1 aliphatic carbocycles. The molecule has 2 nitrogen and oxygen atoms in total. The average Bonchev–Trinajstić information content (AvgIpc) is 2.34. The highest BCUT2D eigenvalue weighted by Gasteiger charge is 2.36. The van der Waals surface area contributed by atoms with Gasteiger partial charge in [-0.15, -0.1) is 0 Å². The first kappa shape index (κ1) is 6.35. The van der Waals surface area contributed by atoms with Crippen LogP contribution >= 0.6 is 0 Å². The summed E-state index contributed by atoms with van der Waals surface area (Å²) in [6.45, 7) is 0.869. The van der Waals surface area contributed by atoms with Gasteiger partial charge in [-0.05, 0) is 19.3 Å². The fourth-order valence-corrected chi connectivity index (χ4v) is 1.96. The second-order valence-corrected chi connectivity index (χ2v) is 3.16. The van der Waals surface area contributed by atoms with Crippen molar-refractivity contribution in [2.45, 2.75) is 31.8 Å². The summed E-state index contributed by atoms with van der Waals surface area (Å²) < 4.78 is 5.45. The van der Waals surface area contributed by atoms with E-state index in [2.05, 4.69) is 0 Å². The lowest BCUT2D eigenvalue weighted by Gasteiger charge is -2.23. The molecule has 1 heterocycles. The molecule has 2 unspecified atom stereocenters. The SMILES string of the molecule is O=C1CCC2OCCCC12. The Bertz CT molecular complexity index is 153. The average molecular weight is 140 g/mol. The predicted molar refractivity (Wildman–Crippen MR) is 36.7 cm³/mol. The highest BCUT2D eigenvalue weighted by atomic mass is 16.5. The van der Waals surface area contributed by atoms with Crippen LogP contribution < -0.4 is 0 Å². The molecule has 2 aliphatic rings. The highest BCUT2D eigenvalue weighted by Crippen LogP contribution is 2.31. The fourth-order valence-electron chi connectivity index (χ4n) is 1.96. The molecule has 0 spiro atoms. The largest absolute Gasteiger partial charge is 0.377 e. The molecule has 1 saturated carbocycles. The number of fused-ring (bicyclic) bond motifs is 1. The first-order chi connectivity index (χ1) is 4.88. The van der Waals surface area contributed by atoms with E-state index in [0.29, 0.717) is 11.9 Å². The fraction of sp³-hybridized carbons (Fsp3) is 0.875. The molecule has 0 N–H and O–H groups in total. The van der Waals surface area contributed by atoms with E-state index >= 15 is 0 Å². The zero-order chi connectivity index (χ0) is 6.97. The summed E-state index contributed by atoms with van der Waals surface area (Å²) in [4.78, 5) is 11.1. The van der Waals surface area contributed by atoms with Crippen molar-refractivity contribution in [1.29, 1.82) is 0 Å². The minimum absolute atomic E-state index is 0.272. The van der Waals surface area contributed by atoms with E-state index in [0.717, 1.165) is 32.3 Å². The third kappa shape index (κ3) is 0.870. The molecule has 2 fully saturated rings. The normalized spacial score (nSPS) is 39.8. The van der Waals surface area contributed by atoms with Crippen LogP contribution in [-0.2, 0) is 9.53 Å². The van der Waals surface area contributed by atoms with E-state index in [-0.39, 0.29) is 5.92 Å². The summed E-state index contributed by atoms with van der Waals surface area (Å²) in [6, 6.07) is 0. The van der Waals surface area contributed by atoms with Gasteiger partial charge in [0.1, 0.15) is 5.78 Å². The van der Waals surface area contributed by atoms with E-state index in [4.69, 9.17) is 4.74 Å². The lowest BCUT2D eigenvalue weighted by molar-refractivity contribution is -0.124. The number of ketones is 1. The summed E-state index contributed by atoms with van der Waals surface area (Å²) in [5, 5.41) is 0. The molecule has 0 bridgehead atoms. The Balaban J connectivity index is 2.08. The second-order valence-electron chi connectivity index (χ2n) is 3.16. The third-order valence-corrected chi connectivity index (χ3v) is 2.53. The van der Waals surface area contributed by atoms with Crippen molar-refractivity contribution < 1.29 is 9.53 Å². The zero-order valence-corrected chi connectivity index (χ0v) is 6.01. The number of carbonyl (C=O) groups excluding carboxylic acids is 1. The van der Waals surface area contributed by atoms with Crippen molar-refractivity contribution in [3.05, 3.63) is 0 Å². The van der Waals surface area contributed by atoms with Gasteiger partial charge in [0, 0.05) is 18.9 Å². The highest BCUT2D eigenvalue weighted by molar-refractivity contribution is 5.83. The van der Waals surface area contributed by atoms with Crippen LogP contribution in [0, 0.1) is 5.92 Å². The molecule has 1 aliphatic heterocycles. The number of Topliss-reactive ketones (excluding diaryl/α,β-unsaturated/α-hetero) is 1. The quantitative estimate of drug-likeness (QED) is 0.504. The van der Waals surface area contributed by atoms with Crippen LogP contribution in [0.25, 0.3) is 0 Å². The van der Waals surface area contributed by atoms with Crippen molar-refractivity contribution in [1.82, 2.24) is 0 Å². The summed E-state index contributed by atoms with van der Waals surface area (Å²) in [6.07, 6.45) is 4.18. The minimum Gasteiger partial charge on any atom is -0.377 e. The van der Waals surface area contributed by atoms with Crippen LogP contribution in [0.3, 0.4) is 0 Å². The maximum Gasteiger partial charge on any atom is 0.138 e. The first-order valence-corrected chi connectivity index (χ1v) is 4.02. The van der Waals surface area contributed by atoms with E-state index < -0.39 is 0 Å². The van der Waals surface area contributed by atoms with Gasteiger partial charge in [-0.2, -0.15) is 0 Å². The molecule has 1 saturated heterocycles. The van der Waals surface area contributed by atoms with Crippen molar-refractivity contribution in [3.8, 4) is 0 Å². The topological polar surface area (TPSA) is 26.3 Å². The molecular weight excluding hydrogens is 128 g/mol. The van der Waals surface area contributed by atoms with Crippen LogP contribution in [0.5, 0.6) is 0 Å². The van der Waals surface area contributed by atoms with Crippen molar-refractivity contribution in [3.63, 3.8) is 0 Å². The van der Waals surface area contributed by atoms with Crippen LogP contribution in [0.2, 0.25) is 0 Å². The van der Waals surface area contributed by atoms with E-state index in [1.807, 2.05) is 0 Å². The first-order valence-electron chi connectivity index (χ1n) is 4.02. The van der Waals surface area contributed by atoms with Gasteiger partial charge >= 0.3 is 0 Å². The molecule has 56 valence electrons. The van der Waals surface area contributed by atoms with Gasteiger partial charge in [0.15, 0.2) is 0 Å². The molecule has 0 amide bonds. The Kier molecular flexibility index (Phi) is 1.49. The lowest BCUT2D eigenvalue weighted by Crippen LogP contribution is -2.27.